The lowest BCUT2D eigenvalue weighted by molar-refractivity contribution is -0.116. The van der Waals surface area contributed by atoms with E-state index in [1.165, 1.54) is 43.9 Å². The van der Waals surface area contributed by atoms with E-state index in [2.05, 4.69) is 5.32 Å². The number of aromatic hydroxyl groups is 1. The quantitative estimate of drug-likeness (QED) is 0.772. The lowest BCUT2D eigenvalue weighted by Gasteiger charge is -2.10. The van der Waals surface area contributed by atoms with E-state index in [4.69, 9.17) is 5.11 Å². The van der Waals surface area contributed by atoms with Crippen molar-refractivity contribution in [2.24, 2.45) is 5.92 Å². The first kappa shape index (κ1) is 14.4. The van der Waals surface area contributed by atoms with Gasteiger partial charge in [-0.1, -0.05) is 25.7 Å². The summed E-state index contributed by atoms with van der Waals surface area (Å²) in [6, 6.07) is 4.03. The number of carbonyl (C=O) groups is 2. The van der Waals surface area contributed by atoms with Crippen molar-refractivity contribution in [3.8, 4) is 5.75 Å². The van der Waals surface area contributed by atoms with Crippen LogP contribution in [0.5, 0.6) is 5.75 Å². The summed E-state index contributed by atoms with van der Waals surface area (Å²) in [4.78, 5) is 22.5. The highest BCUT2D eigenvalue weighted by Gasteiger charge is 2.16. The Morgan fingerprint density at radius 2 is 1.95 bits per heavy atom. The van der Waals surface area contributed by atoms with Gasteiger partial charge in [-0.3, -0.25) is 4.79 Å². The summed E-state index contributed by atoms with van der Waals surface area (Å²) in [5.74, 6) is -0.976. The monoisotopic (exact) mass is 277 g/mol. The van der Waals surface area contributed by atoms with Crippen LogP contribution >= 0.6 is 0 Å². The van der Waals surface area contributed by atoms with Crippen LogP contribution in [-0.4, -0.2) is 22.1 Å². The van der Waals surface area contributed by atoms with Crippen LogP contribution in [0.15, 0.2) is 18.2 Å². The van der Waals surface area contributed by atoms with E-state index in [0.717, 1.165) is 6.42 Å². The maximum absolute atomic E-state index is 11.8. The maximum Gasteiger partial charge on any atom is 0.339 e. The fourth-order valence-corrected chi connectivity index (χ4v) is 2.65. The molecule has 0 saturated heterocycles. The van der Waals surface area contributed by atoms with Crippen molar-refractivity contribution < 1.29 is 19.8 Å². The Bertz CT molecular complexity index is 507. The van der Waals surface area contributed by atoms with Crippen LogP contribution < -0.4 is 5.32 Å². The molecular formula is C15H19NO4. The number of nitrogens with one attached hydrogen (secondary N) is 1. The summed E-state index contributed by atoms with van der Waals surface area (Å²) in [6.45, 7) is 0. The zero-order chi connectivity index (χ0) is 14.5. The van der Waals surface area contributed by atoms with Gasteiger partial charge in [-0.2, -0.15) is 0 Å². The van der Waals surface area contributed by atoms with E-state index in [-0.39, 0.29) is 17.2 Å². The first-order valence-electron chi connectivity index (χ1n) is 6.92. The first-order valence-corrected chi connectivity index (χ1v) is 6.92. The number of phenols is 1. The largest absolute Gasteiger partial charge is 0.507 e. The molecule has 0 heterocycles. The highest BCUT2D eigenvalue weighted by Crippen LogP contribution is 2.28. The second kappa shape index (κ2) is 6.41. The third-order valence-corrected chi connectivity index (χ3v) is 3.77. The fourth-order valence-electron chi connectivity index (χ4n) is 2.65. The number of aromatic carboxylic acids is 1. The van der Waals surface area contributed by atoms with Crippen LogP contribution in [-0.2, 0) is 4.79 Å². The highest BCUT2D eigenvalue weighted by atomic mass is 16.4. The molecule has 0 bridgehead atoms. The topological polar surface area (TPSA) is 86.6 Å². The number of rotatable bonds is 5. The summed E-state index contributed by atoms with van der Waals surface area (Å²) in [5, 5.41) is 21.0. The molecule has 0 radical (unpaired) electrons. The predicted molar refractivity (Wildman–Crippen MR) is 74.9 cm³/mol. The second-order valence-electron chi connectivity index (χ2n) is 5.27. The molecule has 1 amide bonds. The molecule has 0 aliphatic heterocycles. The van der Waals surface area contributed by atoms with Crippen molar-refractivity contribution in [1.29, 1.82) is 0 Å². The number of carboxylic acids is 1. The Hall–Kier alpha value is -2.04. The molecule has 5 nitrogen and oxygen atoms in total. The van der Waals surface area contributed by atoms with Gasteiger partial charge in [0.1, 0.15) is 11.3 Å². The summed E-state index contributed by atoms with van der Waals surface area (Å²) in [5.41, 5.74) is 0.248. The maximum atomic E-state index is 11.8. The Kier molecular flexibility index (Phi) is 4.61. The SMILES string of the molecule is O=C(CCC1CCCC1)Nc1ccc(C(=O)O)c(O)c1. The average molecular weight is 277 g/mol. The molecule has 20 heavy (non-hydrogen) atoms. The van der Waals surface area contributed by atoms with Crippen molar-refractivity contribution in [2.45, 2.75) is 38.5 Å². The predicted octanol–water partition coefficient (Wildman–Crippen LogP) is 3.00. The zero-order valence-corrected chi connectivity index (χ0v) is 11.3. The summed E-state index contributed by atoms with van der Waals surface area (Å²) in [6.07, 6.45) is 6.30. The molecule has 1 aliphatic carbocycles. The molecule has 0 aromatic heterocycles. The highest BCUT2D eigenvalue weighted by molar-refractivity contribution is 5.94. The Balaban J connectivity index is 1.87. The van der Waals surface area contributed by atoms with Crippen LogP contribution in [0.4, 0.5) is 5.69 Å². The van der Waals surface area contributed by atoms with Gasteiger partial charge in [-0.05, 0) is 24.5 Å². The third-order valence-electron chi connectivity index (χ3n) is 3.77. The molecule has 1 aromatic carbocycles. The molecule has 1 aliphatic rings. The van der Waals surface area contributed by atoms with Gasteiger partial charge >= 0.3 is 5.97 Å². The van der Waals surface area contributed by atoms with E-state index >= 15 is 0 Å². The van der Waals surface area contributed by atoms with E-state index < -0.39 is 5.97 Å². The molecular weight excluding hydrogens is 258 g/mol. The Morgan fingerprint density at radius 1 is 1.25 bits per heavy atom. The van der Waals surface area contributed by atoms with Gasteiger partial charge in [0.15, 0.2) is 0 Å². The molecule has 0 spiro atoms. The van der Waals surface area contributed by atoms with Crippen LogP contribution in [0.3, 0.4) is 0 Å². The Morgan fingerprint density at radius 3 is 2.55 bits per heavy atom. The van der Waals surface area contributed by atoms with Crippen molar-refractivity contribution in [3.63, 3.8) is 0 Å². The van der Waals surface area contributed by atoms with E-state index in [0.29, 0.717) is 18.0 Å². The number of benzene rings is 1. The van der Waals surface area contributed by atoms with Crippen molar-refractivity contribution >= 4 is 17.6 Å². The van der Waals surface area contributed by atoms with Crippen molar-refractivity contribution in [2.75, 3.05) is 5.32 Å². The van der Waals surface area contributed by atoms with Gasteiger partial charge in [0.05, 0.1) is 0 Å². The van der Waals surface area contributed by atoms with Gasteiger partial charge in [-0.25, -0.2) is 4.79 Å². The molecule has 1 aromatic rings. The normalized spacial score (nSPS) is 15.2. The van der Waals surface area contributed by atoms with Crippen LogP contribution in [0, 0.1) is 5.92 Å². The standard InChI is InChI=1S/C15H19NO4/c17-13-9-11(6-7-12(13)15(19)20)16-14(18)8-5-10-3-1-2-4-10/h6-7,9-10,17H,1-5,8H2,(H,16,18)(H,19,20). The molecule has 5 heteroatoms. The van der Waals surface area contributed by atoms with E-state index in [1.54, 1.807) is 0 Å². The summed E-state index contributed by atoms with van der Waals surface area (Å²) >= 11 is 0. The fraction of sp³-hybridized carbons (Fsp3) is 0.467. The summed E-state index contributed by atoms with van der Waals surface area (Å²) in [7, 11) is 0. The zero-order valence-electron chi connectivity index (χ0n) is 11.3. The van der Waals surface area contributed by atoms with E-state index in [1.807, 2.05) is 0 Å². The molecule has 2 rings (SSSR count). The number of carboxylic acid groups (broad SMARTS) is 1. The minimum atomic E-state index is -1.19. The molecule has 3 N–H and O–H groups in total. The van der Waals surface area contributed by atoms with E-state index in [9.17, 15) is 14.7 Å². The molecule has 0 atom stereocenters. The number of carbonyl (C=O) groups excluding carboxylic acids is 1. The smallest absolute Gasteiger partial charge is 0.339 e. The van der Waals surface area contributed by atoms with Crippen molar-refractivity contribution in [3.05, 3.63) is 23.8 Å². The first-order chi connectivity index (χ1) is 9.56. The summed E-state index contributed by atoms with van der Waals surface area (Å²) < 4.78 is 0. The molecule has 108 valence electrons. The van der Waals surface area contributed by atoms with Crippen molar-refractivity contribution in [1.82, 2.24) is 0 Å². The minimum absolute atomic E-state index is 0.0978. The van der Waals surface area contributed by atoms with Crippen LogP contribution in [0.25, 0.3) is 0 Å². The number of hydrogen-bond donors (Lipinski definition) is 3. The average Bonchev–Trinajstić information content (AvgIpc) is 2.89. The second-order valence-corrected chi connectivity index (χ2v) is 5.27. The van der Waals surface area contributed by atoms with Gasteiger partial charge in [0, 0.05) is 18.2 Å². The van der Waals surface area contributed by atoms with Gasteiger partial charge in [0.2, 0.25) is 5.91 Å². The van der Waals surface area contributed by atoms with Gasteiger partial charge in [-0.15, -0.1) is 0 Å². The molecule has 1 fully saturated rings. The lowest BCUT2D eigenvalue weighted by Crippen LogP contribution is -2.13. The molecule has 1 saturated carbocycles. The van der Waals surface area contributed by atoms with Gasteiger partial charge in [0.25, 0.3) is 0 Å². The van der Waals surface area contributed by atoms with Gasteiger partial charge < -0.3 is 15.5 Å². The Labute approximate surface area is 117 Å². The van der Waals surface area contributed by atoms with Crippen LogP contribution in [0.2, 0.25) is 0 Å². The number of anilines is 1. The number of hydrogen-bond acceptors (Lipinski definition) is 3. The molecule has 0 unspecified atom stereocenters. The van der Waals surface area contributed by atoms with Crippen LogP contribution in [0.1, 0.15) is 48.9 Å². The minimum Gasteiger partial charge on any atom is -0.507 e. The lowest BCUT2D eigenvalue weighted by atomic mass is 10.0. The number of amides is 1. The third kappa shape index (κ3) is 3.73.